The Morgan fingerprint density at radius 2 is 2.06 bits per heavy atom. The predicted octanol–water partition coefficient (Wildman–Crippen LogP) is 1.16. The summed E-state index contributed by atoms with van der Waals surface area (Å²) in [4.78, 5) is 50.2. The van der Waals surface area contributed by atoms with E-state index in [1.165, 1.54) is 16.2 Å². The fraction of sp³-hybridized carbons (Fsp3) is 0.476. The highest BCUT2D eigenvalue weighted by Crippen LogP contribution is 2.24. The summed E-state index contributed by atoms with van der Waals surface area (Å²) in [5.41, 5.74) is 11.5. The Kier molecular flexibility index (Phi) is 7.62. The highest BCUT2D eigenvalue weighted by Gasteiger charge is 2.36. The molecule has 0 bridgehead atoms. The van der Waals surface area contributed by atoms with E-state index in [0.717, 1.165) is 16.6 Å². The van der Waals surface area contributed by atoms with E-state index < -0.39 is 12.1 Å². The van der Waals surface area contributed by atoms with Gasteiger partial charge in [-0.1, -0.05) is 12.1 Å². The molecule has 1 aromatic carbocycles. The number of likely N-dealkylation sites (tertiary alicyclic amines) is 1. The first-order valence-electron chi connectivity index (χ1n) is 10.5. The highest BCUT2D eigenvalue weighted by molar-refractivity contribution is 7.20. The fourth-order valence-corrected chi connectivity index (χ4v) is 4.65. The van der Waals surface area contributed by atoms with Crippen LogP contribution in [0, 0.1) is 0 Å². The average molecular weight is 460 g/mol. The van der Waals surface area contributed by atoms with Gasteiger partial charge in [0.2, 0.25) is 11.7 Å². The fourth-order valence-electron chi connectivity index (χ4n) is 3.69. The standard InChI is InChI=1S/C21H29N7O3S/c1-27(2)21(31)28-12-6-9-15(28)18(30)25-14(8-5-11-24-20(22)23)17(29)19-26-13-7-3-4-10-16(13)32-19/h3-4,7,10,14-15H,5-6,8-9,11-12H2,1-2H3,(H,25,30)(H4,22,23,24). The van der Waals surface area contributed by atoms with Gasteiger partial charge in [0.25, 0.3) is 0 Å². The van der Waals surface area contributed by atoms with Crippen LogP contribution in [-0.2, 0) is 4.79 Å². The number of guanidine groups is 1. The minimum Gasteiger partial charge on any atom is -0.370 e. The first kappa shape index (κ1) is 23.5. The lowest BCUT2D eigenvalue weighted by atomic mass is 10.1. The van der Waals surface area contributed by atoms with Gasteiger partial charge in [0, 0.05) is 27.2 Å². The van der Waals surface area contributed by atoms with Crippen LogP contribution in [0.4, 0.5) is 4.79 Å². The van der Waals surface area contributed by atoms with Crippen molar-refractivity contribution in [3.8, 4) is 0 Å². The Bertz CT molecular complexity index is 983. The summed E-state index contributed by atoms with van der Waals surface area (Å²) in [5.74, 6) is -0.612. The van der Waals surface area contributed by atoms with Crippen LogP contribution in [-0.4, -0.2) is 77.7 Å². The lowest BCUT2D eigenvalue weighted by molar-refractivity contribution is -0.125. The zero-order valence-electron chi connectivity index (χ0n) is 18.3. The van der Waals surface area contributed by atoms with Gasteiger partial charge >= 0.3 is 6.03 Å². The molecule has 1 aliphatic heterocycles. The number of carbonyl (C=O) groups is 3. The van der Waals surface area contributed by atoms with E-state index in [0.29, 0.717) is 37.4 Å². The molecule has 2 heterocycles. The molecule has 1 fully saturated rings. The first-order chi connectivity index (χ1) is 15.3. The summed E-state index contributed by atoms with van der Waals surface area (Å²) in [5, 5.41) is 3.21. The number of benzene rings is 1. The van der Waals surface area contributed by atoms with Gasteiger partial charge in [-0.25, -0.2) is 9.78 Å². The van der Waals surface area contributed by atoms with Gasteiger partial charge in [-0.2, -0.15) is 0 Å². The number of ketones is 1. The molecule has 0 radical (unpaired) electrons. The number of carbonyl (C=O) groups excluding carboxylic acids is 3. The van der Waals surface area contributed by atoms with Gasteiger partial charge in [-0.15, -0.1) is 11.3 Å². The second-order valence-electron chi connectivity index (χ2n) is 7.89. The number of nitrogens with one attached hydrogen (secondary N) is 1. The van der Waals surface area contributed by atoms with Crippen LogP contribution in [0.25, 0.3) is 10.2 Å². The summed E-state index contributed by atoms with van der Waals surface area (Å²) < 4.78 is 0.903. The first-order valence-corrected chi connectivity index (χ1v) is 11.3. The zero-order chi connectivity index (χ0) is 23.3. The number of nitrogens with zero attached hydrogens (tertiary/aromatic N) is 4. The number of urea groups is 1. The molecule has 3 amide bonds. The Morgan fingerprint density at radius 3 is 2.75 bits per heavy atom. The van der Waals surface area contributed by atoms with Crippen molar-refractivity contribution >= 4 is 45.2 Å². The van der Waals surface area contributed by atoms with Gasteiger partial charge in [0.05, 0.1) is 16.3 Å². The van der Waals surface area contributed by atoms with Crippen molar-refractivity contribution < 1.29 is 14.4 Å². The molecule has 1 aromatic heterocycles. The molecule has 2 unspecified atom stereocenters. The molecule has 2 aromatic rings. The molecule has 0 spiro atoms. The third-order valence-corrected chi connectivity index (χ3v) is 6.32. The minimum absolute atomic E-state index is 0.0214. The summed E-state index contributed by atoms with van der Waals surface area (Å²) >= 11 is 1.30. The van der Waals surface area contributed by atoms with E-state index >= 15 is 0 Å². The van der Waals surface area contributed by atoms with Gasteiger partial charge in [0.1, 0.15) is 6.04 Å². The maximum Gasteiger partial charge on any atom is 0.320 e. The van der Waals surface area contributed by atoms with E-state index in [1.807, 2.05) is 24.3 Å². The monoisotopic (exact) mass is 459 g/mol. The number of aromatic nitrogens is 1. The molecule has 32 heavy (non-hydrogen) atoms. The third kappa shape index (κ3) is 5.52. The van der Waals surface area contributed by atoms with Crippen LogP contribution in [0.5, 0.6) is 0 Å². The van der Waals surface area contributed by atoms with Crippen LogP contribution in [0.2, 0.25) is 0 Å². The molecule has 11 heteroatoms. The van der Waals surface area contributed by atoms with Crippen molar-refractivity contribution in [2.24, 2.45) is 16.5 Å². The Hall–Kier alpha value is -3.21. The Morgan fingerprint density at radius 1 is 1.31 bits per heavy atom. The summed E-state index contributed by atoms with van der Waals surface area (Å²) in [6, 6.07) is 5.89. The second kappa shape index (κ2) is 10.4. The van der Waals surface area contributed by atoms with Gasteiger partial charge in [-0.05, 0) is 37.8 Å². The highest BCUT2D eigenvalue weighted by atomic mass is 32.1. The number of rotatable bonds is 8. The Balaban J connectivity index is 1.77. The van der Waals surface area contributed by atoms with Crippen molar-refractivity contribution in [2.45, 2.75) is 37.8 Å². The summed E-state index contributed by atoms with van der Waals surface area (Å²) in [7, 11) is 3.30. The number of hydrogen-bond donors (Lipinski definition) is 3. The molecule has 3 rings (SSSR count). The number of para-hydroxylation sites is 1. The van der Waals surface area contributed by atoms with E-state index in [1.54, 1.807) is 19.0 Å². The number of aliphatic imine (C=N–C) groups is 1. The topological polar surface area (TPSA) is 147 Å². The van der Waals surface area contributed by atoms with E-state index in [-0.39, 0.29) is 23.7 Å². The molecular formula is C21H29N7O3S. The number of amides is 3. The second-order valence-corrected chi connectivity index (χ2v) is 8.92. The largest absolute Gasteiger partial charge is 0.370 e. The normalized spacial score (nSPS) is 16.6. The predicted molar refractivity (Wildman–Crippen MR) is 125 cm³/mol. The van der Waals surface area contributed by atoms with E-state index in [2.05, 4.69) is 15.3 Å². The molecule has 10 nitrogen and oxygen atoms in total. The molecule has 1 aliphatic rings. The molecule has 172 valence electrons. The molecular weight excluding hydrogens is 430 g/mol. The van der Waals surface area contributed by atoms with E-state index in [9.17, 15) is 14.4 Å². The van der Waals surface area contributed by atoms with Crippen LogP contribution >= 0.6 is 11.3 Å². The third-order valence-electron chi connectivity index (χ3n) is 5.27. The maximum atomic E-state index is 13.3. The number of hydrogen-bond acceptors (Lipinski definition) is 6. The minimum atomic E-state index is -0.783. The molecule has 2 atom stereocenters. The molecule has 1 saturated heterocycles. The van der Waals surface area contributed by atoms with Crippen LogP contribution in [0.15, 0.2) is 29.3 Å². The van der Waals surface area contributed by atoms with Crippen molar-refractivity contribution in [3.05, 3.63) is 29.3 Å². The quantitative estimate of drug-likeness (QED) is 0.234. The SMILES string of the molecule is CN(C)C(=O)N1CCCC1C(=O)NC(CCCN=C(N)N)C(=O)c1nc2ccccc2s1. The van der Waals surface area contributed by atoms with Crippen LogP contribution < -0.4 is 16.8 Å². The van der Waals surface area contributed by atoms with Gasteiger partial charge < -0.3 is 26.6 Å². The Labute approximate surface area is 190 Å². The summed E-state index contributed by atoms with van der Waals surface area (Å²) in [6.07, 6.45) is 2.15. The number of thiazole rings is 1. The average Bonchev–Trinajstić information content (AvgIpc) is 3.41. The number of nitrogens with two attached hydrogens (primary N) is 2. The number of Topliss-reactive ketones (excluding diaryl/α,β-unsaturated/α-hetero) is 1. The van der Waals surface area contributed by atoms with Crippen molar-refractivity contribution in [1.29, 1.82) is 0 Å². The van der Waals surface area contributed by atoms with Crippen LogP contribution in [0.1, 0.15) is 35.5 Å². The molecule has 5 N–H and O–H groups in total. The lowest BCUT2D eigenvalue weighted by Gasteiger charge is -2.28. The van der Waals surface area contributed by atoms with Crippen molar-refractivity contribution in [3.63, 3.8) is 0 Å². The van der Waals surface area contributed by atoms with Gasteiger partial charge in [0.15, 0.2) is 11.0 Å². The smallest absolute Gasteiger partial charge is 0.320 e. The zero-order valence-corrected chi connectivity index (χ0v) is 19.1. The molecule has 0 aliphatic carbocycles. The van der Waals surface area contributed by atoms with Crippen LogP contribution in [0.3, 0.4) is 0 Å². The lowest BCUT2D eigenvalue weighted by Crippen LogP contribution is -2.52. The molecule has 0 saturated carbocycles. The van der Waals surface area contributed by atoms with Crippen molar-refractivity contribution in [2.75, 3.05) is 27.2 Å². The summed E-state index contributed by atoms with van der Waals surface area (Å²) in [6.45, 7) is 0.854. The van der Waals surface area contributed by atoms with E-state index in [4.69, 9.17) is 11.5 Å². The van der Waals surface area contributed by atoms with Gasteiger partial charge in [-0.3, -0.25) is 14.6 Å². The number of fused-ring (bicyclic) bond motifs is 1. The maximum absolute atomic E-state index is 13.3. The van der Waals surface area contributed by atoms with Crippen molar-refractivity contribution in [1.82, 2.24) is 20.1 Å².